The molecule has 3 aromatic rings. The summed E-state index contributed by atoms with van der Waals surface area (Å²) in [6.07, 6.45) is 2.77. The number of aliphatic hydroxyl groups excluding tert-OH is 1. The van der Waals surface area contributed by atoms with Crippen molar-refractivity contribution in [2.24, 2.45) is 0 Å². The summed E-state index contributed by atoms with van der Waals surface area (Å²) in [7, 11) is 1.62. The lowest BCUT2D eigenvalue weighted by Crippen LogP contribution is -2.22. The largest absolute Gasteiger partial charge is 0.496 e. The fraction of sp³-hybridized carbons (Fsp3) is 0.278. The van der Waals surface area contributed by atoms with Crippen molar-refractivity contribution in [3.63, 3.8) is 0 Å². The third kappa shape index (κ3) is 4.21. The Bertz CT molecular complexity index is 742. The zero-order valence-electron chi connectivity index (χ0n) is 13.4. The molecule has 1 atom stereocenters. The number of thiazole rings is 1. The van der Waals surface area contributed by atoms with Crippen molar-refractivity contribution in [1.29, 1.82) is 0 Å². The van der Waals surface area contributed by atoms with Gasteiger partial charge in [-0.05, 0) is 29.1 Å². The number of thiophene rings is 1. The summed E-state index contributed by atoms with van der Waals surface area (Å²) in [5, 5.41) is 18.3. The number of rotatable bonds is 8. The van der Waals surface area contributed by atoms with Crippen LogP contribution in [0, 0.1) is 0 Å². The lowest BCUT2D eigenvalue weighted by Gasteiger charge is -2.17. The molecule has 24 heavy (non-hydrogen) atoms. The molecule has 0 saturated carbocycles. The smallest absolute Gasteiger partial charge is 0.124 e. The van der Waals surface area contributed by atoms with E-state index in [1.807, 2.05) is 29.8 Å². The molecule has 0 bridgehead atoms. The minimum absolute atomic E-state index is 0.0257. The first-order chi connectivity index (χ1) is 11.8. The van der Waals surface area contributed by atoms with Crippen LogP contribution >= 0.6 is 22.7 Å². The molecule has 3 rings (SSSR count). The molecule has 0 saturated heterocycles. The quantitative estimate of drug-likeness (QED) is 0.642. The highest BCUT2D eigenvalue weighted by molar-refractivity contribution is 7.10. The van der Waals surface area contributed by atoms with E-state index >= 15 is 0 Å². The van der Waals surface area contributed by atoms with Crippen molar-refractivity contribution in [1.82, 2.24) is 10.3 Å². The van der Waals surface area contributed by atoms with Gasteiger partial charge < -0.3 is 15.2 Å². The van der Waals surface area contributed by atoms with Gasteiger partial charge in [-0.2, -0.15) is 0 Å². The Morgan fingerprint density at radius 1 is 1.25 bits per heavy atom. The number of aliphatic hydroxyl groups is 1. The van der Waals surface area contributed by atoms with Gasteiger partial charge in [0.2, 0.25) is 0 Å². The number of nitrogens with zero attached hydrogens (tertiary/aromatic N) is 1. The summed E-state index contributed by atoms with van der Waals surface area (Å²) in [5.74, 6) is 0.719. The monoisotopic (exact) mass is 360 g/mol. The van der Waals surface area contributed by atoms with Crippen LogP contribution in [0.1, 0.15) is 27.1 Å². The van der Waals surface area contributed by atoms with E-state index in [-0.39, 0.29) is 12.6 Å². The zero-order valence-corrected chi connectivity index (χ0v) is 15.1. The van der Waals surface area contributed by atoms with E-state index in [9.17, 15) is 5.11 Å². The van der Waals surface area contributed by atoms with Crippen LogP contribution in [-0.2, 0) is 19.6 Å². The van der Waals surface area contributed by atoms with Crippen molar-refractivity contribution >= 4 is 22.7 Å². The number of aromatic nitrogens is 1. The summed E-state index contributed by atoms with van der Waals surface area (Å²) < 4.78 is 5.26. The molecule has 1 aromatic carbocycles. The molecule has 0 amide bonds. The van der Waals surface area contributed by atoms with Gasteiger partial charge in [-0.3, -0.25) is 0 Å². The highest BCUT2D eigenvalue weighted by atomic mass is 32.1. The van der Waals surface area contributed by atoms with Gasteiger partial charge >= 0.3 is 0 Å². The van der Waals surface area contributed by atoms with Crippen molar-refractivity contribution in [3.8, 4) is 5.75 Å². The minimum atomic E-state index is -0.0257. The molecule has 4 nitrogen and oxygen atoms in total. The van der Waals surface area contributed by atoms with Crippen LogP contribution in [0.25, 0.3) is 0 Å². The number of hydrogen-bond acceptors (Lipinski definition) is 6. The van der Waals surface area contributed by atoms with Crippen molar-refractivity contribution in [2.45, 2.75) is 25.6 Å². The molecule has 0 aliphatic heterocycles. The van der Waals surface area contributed by atoms with Crippen LogP contribution in [0.5, 0.6) is 5.75 Å². The Morgan fingerprint density at radius 3 is 2.83 bits per heavy atom. The Hall–Kier alpha value is -1.73. The molecule has 0 unspecified atom stereocenters. The number of benzene rings is 1. The van der Waals surface area contributed by atoms with Gasteiger partial charge in [0.05, 0.1) is 19.8 Å². The van der Waals surface area contributed by atoms with Gasteiger partial charge in [-0.25, -0.2) is 4.98 Å². The second-order valence-electron chi connectivity index (χ2n) is 5.39. The van der Waals surface area contributed by atoms with E-state index in [2.05, 4.69) is 27.8 Å². The predicted octanol–water partition coefficient (Wildman–Crippen LogP) is 3.78. The maximum atomic E-state index is 9.47. The second-order valence-corrected chi connectivity index (χ2v) is 7.35. The number of ether oxygens (including phenoxy) is 1. The molecule has 2 N–H and O–H groups in total. The number of hydrogen-bond donors (Lipinski definition) is 2. The van der Waals surface area contributed by atoms with Crippen LogP contribution in [0.2, 0.25) is 0 Å². The second kappa shape index (κ2) is 8.39. The van der Waals surface area contributed by atoms with Gasteiger partial charge in [0, 0.05) is 35.0 Å². The van der Waals surface area contributed by atoms with Crippen molar-refractivity contribution < 1.29 is 9.84 Å². The highest BCUT2D eigenvalue weighted by Crippen LogP contribution is 2.24. The van der Waals surface area contributed by atoms with Crippen LogP contribution < -0.4 is 10.1 Å². The molecular formula is C18H20N2O2S2. The fourth-order valence-corrected chi connectivity index (χ4v) is 4.06. The van der Waals surface area contributed by atoms with E-state index in [0.29, 0.717) is 6.54 Å². The summed E-state index contributed by atoms with van der Waals surface area (Å²) in [4.78, 5) is 5.81. The number of nitrogens with one attached hydrogen (secondary N) is 1. The summed E-state index contributed by atoms with van der Waals surface area (Å²) in [6, 6.07) is 10.3. The first-order valence-corrected chi connectivity index (χ1v) is 9.48. The standard InChI is InChI=1S/C18H20N2O2S2/c1-22-17-5-4-13(9-14(17)12-21)11-20-16(18-19-6-8-24-18)10-15-3-2-7-23-15/h2-9,16,20-21H,10-12H2,1H3/t16-/m1/s1. The minimum Gasteiger partial charge on any atom is -0.496 e. The van der Waals surface area contributed by atoms with Crippen molar-refractivity contribution in [3.05, 3.63) is 68.3 Å². The van der Waals surface area contributed by atoms with Crippen LogP contribution in [0.15, 0.2) is 47.3 Å². The third-order valence-electron chi connectivity index (χ3n) is 3.80. The lowest BCUT2D eigenvalue weighted by molar-refractivity contribution is 0.273. The van der Waals surface area contributed by atoms with Gasteiger partial charge in [0.25, 0.3) is 0 Å². The molecule has 126 valence electrons. The predicted molar refractivity (Wildman–Crippen MR) is 98.6 cm³/mol. The maximum absolute atomic E-state index is 9.47. The first-order valence-electron chi connectivity index (χ1n) is 7.72. The summed E-state index contributed by atoms with van der Waals surface area (Å²) in [6.45, 7) is 0.689. The van der Waals surface area contributed by atoms with Crippen LogP contribution in [0.4, 0.5) is 0 Å². The van der Waals surface area contributed by atoms with E-state index in [0.717, 1.165) is 28.3 Å². The molecule has 6 heteroatoms. The summed E-state index contributed by atoms with van der Waals surface area (Å²) >= 11 is 3.44. The molecule has 0 spiro atoms. The molecule has 0 fully saturated rings. The SMILES string of the molecule is COc1ccc(CN[C@H](Cc2cccs2)c2nccs2)cc1CO. The maximum Gasteiger partial charge on any atom is 0.124 e. The average Bonchev–Trinajstić information content (AvgIpc) is 3.31. The molecule has 0 aliphatic carbocycles. The topological polar surface area (TPSA) is 54.4 Å². The molecule has 2 aromatic heterocycles. The Kier molecular flexibility index (Phi) is 5.98. The van der Waals surface area contributed by atoms with E-state index in [1.54, 1.807) is 29.8 Å². The summed E-state index contributed by atoms with van der Waals surface area (Å²) in [5.41, 5.74) is 1.92. The highest BCUT2D eigenvalue weighted by Gasteiger charge is 2.15. The Morgan fingerprint density at radius 2 is 2.17 bits per heavy atom. The van der Waals surface area contributed by atoms with E-state index in [1.165, 1.54) is 4.88 Å². The molecular weight excluding hydrogens is 340 g/mol. The van der Waals surface area contributed by atoms with E-state index in [4.69, 9.17) is 4.74 Å². The van der Waals surface area contributed by atoms with Gasteiger partial charge in [0.15, 0.2) is 0 Å². The lowest BCUT2D eigenvalue weighted by atomic mass is 10.1. The average molecular weight is 361 g/mol. The Labute approximate surface area is 149 Å². The van der Waals surface area contributed by atoms with Crippen LogP contribution in [-0.4, -0.2) is 17.2 Å². The Balaban J connectivity index is 1.71. The third-order valence-corrected chi connectivity index (χ3v) is 5.59. The van der Waals surface area contributed by atoms with Gasteiger partial charge in [-0.15, -0.1) is 22.7 Å². The van der Waals surface area contributed by atoms with E-state index < -0.39 is 0 Å². The fourth-order valence-electron chi connectivity index (χ4n) is 2.59. The van der Waals surface area contributed by atoms with Gasteiger partial charge in [0.1, 0.15) is 10.8 Å². The molecule has 0 aliphatic rings. The normalized spacial score (nSPS) is 12.2. The van der Waals surface area contributed by atoms with Crippen molar-refractivity contribution in [2.75, 3.05) is 7.11 Å². The molecule has 2 heterocycles. The molecule has 0 radical (unpaired) electrons. The van der Waals surface area contributed by atoms with Gasteiger partial charge in [-0.1, -0.05) is 12.1 Å². The van der Waals surface area contributed by atoms with Crippen LogP contribution in [0.3, 0.4) is 0 Å². The number of methoxy groups -OCH3 is 1. The zero-order chi connectivity index (χ0) is 16.8. The first kappa shape index (κ1) is 17.1.